The Hall–Kier alpha value is -1.33. The molecule has 1 amide bonds. The number of nitrogens with zero attached hydrogens (tertiary/aromatic N) is 3. The number of carbonyl (C=O) groups is 1. The first kappa shape index (κ1) is 14.6. The van der Waals surface area contributed by atoms with Crippen molar-refractivity contribution in [3.63, 3.8) is 0 Å². The lowest BCUT2D eigenvalue weighted by Gasteiger charge is -2.37. The van der Waals surface area contributed by atoms with Crippen LogP contribution < -0.4 is 0 Å². The van der Waals surface area contributed by atoms with Gasteiger partial charge in [-0.3, -0.25) is 4.90 Å². The molecule has 1 aromatic heterocycles. The van der Waals surface area contributed by atoms with Gasteiger partial charge in [0.15, 0.2) is 0 Å². The third kappa shape index (κ3) is 3.66. The summed E-state index contributed by atoms with van der Waals surface area (Å²) in [6.45, 7) is 2.16. The van der Waals surface area contributed by atoms with Gasteiger partial charge in [0.1, 0.15) is 5.15 Å². The fourth-order valence-electron chi connectivity index (χ4n) is 3.06. The lowest BCUT2D eigenvalue weighted by Crippen LogP contribution is -2.46. The molecule has 0 bridgehead atoms. The predicted molar refractivity (Wildman–Crippen MR) is 80.4 cm³/mol. The summed E-state index contributed by atoms with van der Waals surface area (Å²) in [6, 6.07) is 4.98. The average molecular weight is 310 g/mol. The first-order valence-electron chi connectivity index (χ1n) is 7.47. The molecule has 2 aliphatic rings. The Kier molecular flexibility index (Phi) is 4.31. The quantitative estimate of drug-likeness (QED) is 0.869. The van der Waals surface area contributed by atoms with Crippen molar-refractivity contribution in [2.75, 3.05) is 13.1 Å². The van der Waals surface area contributed by atoms with Crippen molar-refractivity contribution < 1.29 is 9.90 Å². The van der Waals surface area contributed by atoms with E-state index in [1.807, 2.05) is 18.3 Å². The topological polar surface area (TPSA) is 56.7 Å². The van der Waals surface area contributed by atoms with E-state index in [1.165, 1.54) is 23.3 Å². The van der Waals surface area contributed by atoms with Crippen LogP contribution in [0.5, 0.6) is 0 Å². The van der Waals surface area contributed by atoms with E-state index in [0.717, 1.165) is 19.4 Å². The van der Waals surface area contributed by atoms with Crippen LogP contribution in [0.1, 0.15) is 31.2 Å². The summed E-state index contributed by atoms with van der Waals surface area (Å²) in [6.07, 6.45) is 5.38. The molecule has 0 radical (unpaired) electrons. The number of aromatic nitrogens is 1. The zero-order valence-corrected chi connectivity index (χ0v) is 12.7. The van der Waals surface area contributed by atoms with Gasteiger partial charge in [-0.2, -0.15) is 0 Å². The number of amides is 1. The van der Waals surface area contributed by atoms with Crippen LogP contribution in [-0.4, -0.2) is 51.2 Å². The van der Waals surface area contributed by atoms with Crippen molar-refractivity contribution in [3.8, 4) is 0 Å². The molecule has 0 unspecified atom stereocenters. The van der Waals surface area contributed by atoms with Gasteiger partial charge >= 0.3 is 6.09 Å². The van der Waals surface area contributed by atoms with Crippen LogP contribution in [0.2, 0.25) is 5.15 Å². The maximum absolute atomic E-state index is 11.0. The van der Waals surface area contributed by atoms with E-state index in [-0.39, 0.29) is 0 Å². The highest BCUT2D eigenvalue weighted by molar-refractivity contribution is 6.29. The Morgan fingerprint density at radius 3 is 2.48 bits per heavy atom. The number of rotatable bonds is 4. The smallest absolute Gasteiger partial charge is 0.407 e. The average Bonchev–Trinajstić information content (AvgIpc) is 3.31. The molecular formula is C15H20ClN3O2. The molecule has 1 aliphatic heterocycles. The highest BCUT2D eigenvalue weighted by Crippen LogP contribution is 2.33. The molecule has 1 saturated carbocycles. The fourth-order valence-corrected chi connectivity index (χ4v) is 3.17. The molecule has 1 aliphatic carbocycles. The number of piperidine rings is 1. The minimum Gasteiger partial charge on any atom is -0.465 e. The molecule has 5 nitrogen and oxygen atoms in total. The third-order valence-electron chi connectivity index (χ3n) is 4.37. The third-order valence-corrected chi connectivity index (χ3v) is 4.60. The van der Waals surface area contributed by atoms with Gasteiger partial charge in [-0.15, -0.1) is 0 Å². The number of hydrogen-bond donors (Lipinski definition) is 1. The maximum atomic E-state index is 11.0. The van der Waals surface area contributed by atoms with E-state index in [2.05, 4.69) is 9.88 Å². The van der Waals surface area contributed by atoms with E-state index in [0.29, 0.717) is 30.3 Å². The van der Waals surface area contributed by atoms with Gasteiger partial charge in [-0.25, -0.2) is 9.78 Å². The molecule has 2 heterocycles. The van der Waals surface area contributed by atoms with Crippen LogP contribution >= 0.6 is 11.6 Å². The number of carboxylic acid groups (broad SMARTS) is 1. The molecule has 21 heavy (non-hydrogen) atoms. The Morgan fingerprint density at radius 1 is 1.29 bits per heavy atom. The highest BCUT2D eigenvalue weighted by atomic mass is 35.5. The lowest BCUT2D eigenvalue weighted by molar-refractivity contribution is 0.0870. The predicted octanol–water partition coefficient (Wildman–Crippen LogP) is 2.84. The second kappa shape index (κ2) is 6.20. The van der Waals surface area contributed by atoms with Gasteiger partial charge in [0, 0.05) is 37.9 Å². The Morgan fingerprint density at radius 2 is 1.95 bits per heavy atom. The maximum Gasteiger partial charge on any atom is 0.407 e. The van der Waals surface area contributed by atoms with Gasteiger partial charge in [0.05, 0.1) is 0 Å². The number of likely N-dealkylation sites (tertiary alicyclic amines) is 1. The van der Waals surface area contributed by atoms with Crippen LogP contribution in [0.3, 0.4) is 0 Å². The zero-order valence-electron chi connectivity index (χ0n) is 11.9. The lowest BCUT2D eigenvalue weighted by atomic mass is 10.0. The SMILES string of the molecule is O=C(O)N1CCC(N(Cc2ccc(Cl)nc2)C2CC2)CC1. The molecule has 0 spiro atoms. The summed E-state index contributed by atoms with van der Waals surface area (Å²) in [7, 11) is 0. The zero-order chi connectivity index (χ0) is 14.8. The summed E-state index contributed by atoms with van der Waals surface area (Å²) < 4.78 is 0. The largest absolute Gasteiger partial charge is 0.465 e. The van der Waals surface area contributed by atoms with Crippen molar-refractivity contribution in [2.45, 2.75) is 44.3 Å². The molecule has 2 fully saturated rings. The van der Waals surface area contributed by atoms with Crippen LogP contribution in [-0.2, 0) is 6.54 Å². The normalized spacial score (nSPS) is 20.0. The van der Waals surface area contributed by atoms with Crippen molar-refractivity contribution in [1.82, 2.24) is 14.8 Å². The van der Waals surface area contributed by atoms with Crippen molar-refractivity contribution in [2.24, 2.45) is 0 Å². The number of pyridine rings is 1. The Labute approximate surface area is 129 Å². The molecule has 0 aromatic carbocycles. The van der Waals surface area contributed by atoms with Crippen molar-refractivity contribution in [1.29, 1.82) is 0 Å². The molecule has 6 heteroatoms. The Bertz CT molecular complexity index is 496. The molecule has 3 rings (SSSR count). The molecule has 114 valence electrons. The minimum atomic E-state index is -0.798. The van der Waals surface area contributed by atoms with Gasteiger partial charge in [-0.1, -0.05) is 17.7 Å². The van der Waals surface area contributed by atoms with Crippen LogP contribution in [0.25, 0.3) is 0 Å². The van der Waals surface area contributed by atoms with E-state index in [4.69, 9.17) is 16.7 Å². The summed E-state index contributed by atoms with van der Waals surface area (Å²) in [5, 5.41) is 9.56. The van der Waals surface area contributed by atoms with E-state index in [9.17, 15) is 4.79 Å². The van der Waals surface area contributed by atoms with E-state index < -0.39 is 6.09 Å². The van der Waals surface area contributed by atoms with Crippen LogP contribution in [0.4, 0.5) is 4.79 Å². The first-order valence-corrected chi connectivity index (χ1v) is 7.85. The van der Waals surface area contributed by atoms with Gasteiger partial charge in [-0.05, 0) is 37.3 Å². The monoisotopic (exact) mass is 309 g/mol. The number of hydrogen-bond acceptors (Lipinski definition) is 3. The second-order valence-electron chi connectivity index (χ2n) is 5.89. The molecule has 1 saturated heterocycles. The van der Waals surface area contributed by atoms with E-state index in [1.54, 1.807) is 0 Å². The van der Waals surface area contributed by atoms with Crippen molar-refractivity contribution in [3.05, 3.63) is 29.0 Å². The van der Waals surface area contributed by atoms with Crippen LogP contribution in [0.15, 0.2) is 18.3 Å². The first-order chi connectivity index (χ1) is 10.1. The standard InChI is InChI=1S/C15H20ClN3O2/c16-14-4-1-11(9-17-14)10-19(12-2-3-12)13-5-7-18(8-6-13)15(20)21/h1,4,9,12-13H,2-3,5-8,10H2,(H,20,21). The van der Waals surface area contributed by atoms with Gasteiger partial charge < -0.3 is 10.0 Å². The van der Waals surface area contributed by atoms with Gasteiger partial charge in [0.25, 0.3) is 0 Å². The molecule has 1 aromatic rings. The fraction of sp³-hybridized carbons (Fsp3) is 0.600. The molecular weight excluding hydrogens is 290 g/mol. The molecule has 1 N–H and O–H groups in total. The highest BCUT2D eigenvalue weighted by Gasteiger charge is 2.36. The molecule has 0 atom stereocenters. The summed E-state index contributed by atoms with van der Waals surface area (Å²) in [4.78, 5) is 19.2. The second-order valence-corrected chi connectivity index (χ2v) is 6.28. The Balaban J connectivity index is 1.63. The van der Waals surface area contributed by atoms with Gasteiger partial charge in [0.2, 0.25) is 0 Å². The summed E-state index contributed by atoms with van der Waals surface area (Å²) in [5.41, 5.74) is 1.17. The van der Waals surface area contributed by atoms with Crippen LogP contribution in [0, 0.1) is 0 Å². The summed E-state index contributed by atoms with van der Waals surface area (Å²) >= 11 is 5.83. The van der Waals surface area contributed by atoms with Crippen molar-refractivity contribution >= 4 is 17.7 Å². The van der Waals surface area contributed by atoms with E-state index >= 15 is 0 Å². The number of halogens is 1. The summed E-state index contributed by atoms with van der Waals surface area (Å²) in [5.74, 6) is 0. The minimum absolute atomic E-state index is 0.476.